The minimum atomic E-state index is -4.13. The molecule has 0 unspecified atom stereocenters. The molecule has 2 rings (SSSR count). The second-order valence-electron chi connectivity index (χ2n) is 3.46. The lowest BCUT2D eigenvalue weighted by molar-refractivity contribution is 0.581. The van der Waals surface area contributed by atoms with Crippen molar-refractivity contribution >= 4 is 19.7 Å². The number of aromatic nitrogens is 3. The second-order valence-corrected chi connectivity index (χ2v) is 5.94. The summed E-state index contributed by atoms with van der Waals surface area (Å²) < 4.78 is 49.2. The van der Waals surface area contributed by atoms with Gasteiger partial charge in [0.05, 0.1) is 5.56 Å². The van der Waals surface area contributed by atoms with Gasteiger partial charge in [-0.3, -0.25) is 0 Å². The number of H-pyrrole nitrogens is 1. The molecule has 0 amide bonds. The van der Waals surface area contributed by atoms with E-state index in [9.17, 15) is 17.2 Å². The summed E-state index contributed by atoms with van der Waals surface area (Å²) in [6.45, 7) is 1.43. The summed E-state index contributed by atoms with van der Waals surface area (Å²) in [7, 11) is 0.894. The average Bonchev–Trinajstić information content (AvgIpc) is 2.73. The Morgan fingerprint density at radius 2 is 2.00 bits per heavy atom. The van der Waals surface area contributed by atoms with E-state index in [1.807, 2.05) is 5.10 Å². The Morgan fingerprint density at radius 1 is 1.33 bits per heavy atom. The molecule has 96 valence electrons. The minimum Gasteiger partial charge on any atom is -0.248 e. The maximum absolute atomic E-state index is 13.7. The topological polar surface area (TPSA) is 75.7 Å². The maximum Gasteiger partial charge on any atom is 0.296 e. The molecule has 0 saturated heterocycles. The summed E-state index contributed by atoms with van der Waals surface area (Å²) in [5.41, 5.74) is -0.315. The van der Waals surface area contributed by atoms with Gasteiger partial charge in [0, 0.05) is 10.7 Å². The molecular formula is C9H6ClF2N3O2S. The van der Waals surface area contributed by atoms with Crippen molar-refractivity contribution in [2.75, 3.05) is 0 Å². The third-order valence-electron chi connectivity index (χ3n) is 2.20. The number of halogens is 3. The first-order chi connectivity index (χ1) is 8.30. The molecule has 2 aromatic rings. The van der Waals surface area contributed by atoms with Crippen molar-refractivity contribution in [3.05, 3.63) is 29.3 Å². The van der Waals surface area contributed by atoms with E-state index in [1.54, 1.807) is 0 Å². The van der Waals surface area contributed by atoms with Crippen LogP contribution in [-0.2, 0) is 9.05 Å². The fraction of sp³-hybridized carbons (Fsp3) is 0.111. The Balaban J connectivity index is 2.64. The third-order valence-corrected chi connectivity index (χ3v) is 3.29. The summed E-state index contributed by atoms with van der Waals surface area (Å²) >= 11 is 0. The van der Waals surface area contributed by atoms with Gasteiger partial charge in [0.15, 0.2) is 5.82 Å². The van der Waals surface area contributed by atoms with Crippen LogP contribution in [0.5, 0.6) is 0 Å². The SMILES string of the molecule is Cc1ccc(F)c(-c2n[nH]c(S(=O)(=O)Cl)n2)c1F. The van der Waals surface area contributed by atoms with Crippen LogP contribution < -0.4 is 0 Å². The molecule has 0 atom stereocenters. The number of benzene rings is 1. The first kappa shape index (κ1) is 12.9. The first-order valence-corrected chi connectivity index (χ1v) is 6.93. The Morgan fingerprint density at radius 3 is 2.56 bits per heavy atom. The van der Waals surface area contributed by atoms with Crippen molar-refractivity contribution in [2.45, 2.75) is 12.1 Å². The van der Waals surface area contributed by atoms with E-state index in [0.717, 1.165) is 6.07 Å². The summed E-state index contributed by atoms with van der Waals surface area (Å²) in [5, 5.41) is 4.77. The number of hydrogen-bond donors (Lipinski definition) is 1. The fourth-order valence-corrected chi connectivity index (χ4v) is 1.89. The molecule has 1 aromatic carbocycles. The number of rotatable bonds is 2. The van der Waals surface area contributed by atoms with E-state index in [-0.39, 0.29) is 5.56 Å². The van der Waals surface area contributed by atoms with Crippen LogP contribution in [0.2, 0.25) is 0 Å². The Bertz CT molecular complexity index is 715. The van der Waals surface area contributed by atoms with E-state index in [4.69, 9.17) is 10.7 Å². The number of nitrogens with zero attached hydrogens (tertiary/aromatic N) is 2. The largest absolute Gasteiger partial charge is 0.296 e. The molecule has 0 radical (unpaired) electrons. The average molecular weight is 294 g/mol. The summed E-state index contributed by atoms with van der Waals surface area (Å²) in [6, 6.07) is 2.29. The maximum atomic E-state index is 13.7. The smallest absolute Gasteiger partial charge is 0.248 e. The van der Waals surface area contributed by atoms with E-state index in [2.05, 4.69) is 10.1 Å². The van der Waals surface area contributed by atoms with Crippen molar-refractivity contribution in [1.29, 1.82) is 0 Å². The standard InChI is InChI=1S/C9H6ClF2N3O2S/c1-4-2-3-5(11)6(7(4)12)8-13-9(15-14-8)18(10,16)17/h2-3H,1H3,(H,13,14,15). The van der Waals surface area contributed by atoms with Gasteiger partial charge in [0.25, 0.3) is 14.2 Å². The molecule has 18 heavy (non-hydrogen) atoms. The van der Waals surface area contributed by atoms with Gasteiger partial charge in [-0.05, 0) is 18.6 Å². The predicted octanol–water partition coefficient (Wildman–Crippen LogP) is 1.99. The quantitative estimate of drug-likeness (QED) is 0.859. The van der Waals surface area contributed by atoms with Crippen LogP contribution in [0.4, 0.5) is 8.78 Å². The molecule has 0 spiro atoms. The molecule has 0 saturated carbocycles. The fourth-order valence-electron chi connectivity index (χ4n) is 1.33. The highest BCUT2D eigenvalue weighted by atomic mass is 35.7. The lowest BCUT2D eigenvalue weighted by Gasteiger charge is -2.02. The summed E-state index contributed by atoms with van der Waals surface area (Å²) in [4.78, 5) is 3.45. The molecular weight excluding hydrogens is 288 g/mol. The molecule has 1 N–H and O–H groups in total. The number of nitrogens with one attached hydrogen (secondary N) is 1. The number of aryl methyl sites for hydroxylation is 1. The van der Waals surface area contributed by atoms with Crippen LogP contribution in [-0.4, -0.2) is 23.6 Å². The van der Waals surface area contributed by atoms with Crippen molar-refractivity contribution in [3.8, 4) is 11.4 Å². The van der Waals surface area contributed by atoms with Gasteiger partial charge in [-0.15, -0.1) is 0 Å². The zero-order chi connectivity index (χ0) is 13.5. The molecule has 1 aromatic heterocycles. The van der Waals surface area contributed by atoms with Crippen LogP contribution in [0.3, 0.4) is 0 Å². The van der Waals surface area contributed by atoms with Gasteiger partial charge in [-0.2, -0.15) is 10.1 Å². The van der Waals surface area contributed by atoms with Gasteiger partial charge in [-0.25, -0.2) is 22.3 Å². The van der Waals surface area contributed by atoms with E-state index < -0.39 is 37.2 Å². The monoisotopic (exact) mass is 293 g/mol. The van der Waals surface area contributed by atoms with Gasteiger partial charge in [0.1, 0.15) is 11.6 Å². The van der Waals surface area contributed by atoms with Crippen molar-refractivity contribution in [2.24, 2.45) is 0 Å². The lowest BCUT2D eigenvalue weighted by atomic mass is 10.1. The van der Waals surface area contributed by atoms with E-state index in [1.165, 1.54) is 13.0 Å². The van der Waals surface area contributed by atoms with Crippen LogP contribution in [0.25, 0.3) is 11.4 Å². The second kappa shape index (κ2) is 4.29. The molecule has 1 heterocycles. The number of hydrogen-bond acceptors (Lipinski definition) is 4. The van der Waals surface area contributed by atoms with Gasteiger partial charge < -0.3 is 0 Å². The molecule has 9 heteroatoms. The van der Waals surface area contributed by atoms with Gasteiger partial charge in [0.2, 0.25) is 0 Å². The minimum absolute atomic E-state index is 0.187. The van der Waals surface area contributed by atoms with E-state index >= 15 is 0 Å². The number of aromatic amines is 1. The van der Waals surface area contributed by atoms with Crippen LogP contribution in [0.1, 0.15) is 5.56 Å². The molecule has 0 aliphatic carbocycles. The molecule has 0 bridgehead atoms. The zero-order valence-corrected chi connectivity index (χ0v) is 10.5. The third kappa shape index (κ3) is 2.21. The van der Waals surface area contributed by atoms with Crippen molar-refractivity contribution in [1.82, 2.24) is 15.2 Å². The van der Waals surface area contributed by atoms with Crippen molar-refractivity contribution < 1.29 is 17.2 Å². The highest BCUT2D eigenvalue weighted by molar-refractivity contribution is 8.13. The van der Waals surface area contributed by atoms with Crippen LogP contribution in [0, 0.1) is 18.6 Å². The van der Waals surface area contributed by atoms with Gasteiger partial charge in [-0.1, -0.05) is 6.07 Å². The first-order valence-electron chi connectivity index (χ1n) is 4.62. The van der Waals surface area contributed by atoms with E-state index in [0.29, 0.717) is 0 Å². The normalized spacial score (nSPS) is 11.8. The van der Waals surface area contributed by atoms with Crippen molar-refractivity contribution in [3.63, 3.8) is 0 Å². The summed E-state index contributed by atoms with van der Waals surface area (Å²) in [6.07, 6.45) is 0. The Hall–Kier alpha value is -1.54. The zero-order valence-electron chi connectivity index (χ0n) is 8.91. The Labute approximate surface area is 105 Å². The van der Waals surface area contributed by atoms with Crippen LogP contribution >= 0.6 is 10.7 Å². The molecule has 0 aliphatic rings. The lowest BCUT2D eigenvalue weighted by Crippen LogP contribution is -1.96. The Kier molecular flexibility index (Phi) is 3.07. The highest BCUT2D eigenvalue weighted by Crippen LogP contribution is 2.26. The van der Waals surface area contributed by atoms with Gasteiger partial charge >= 0.3 is 0 Å². The molecule has 0 fully saturated rings. The molecule has 5 nitrogen and oxygen atoms in total. The van der Waals surface area contributed by atoms with Crippen LogP contribution in [0.15, 0.2) is 17.3 Å². The highest BCUT2D eigenvalue weighted by Gasteiger charge is 2.21. The predicted molar refractivity (Wildman–Crippen MR) is 59.5 cm³/mol. The molecule has 0 aliphatic heterocycles. The summed E-state index contributed by atoms with van der Waals surface area (Å²) in [5.74, 6) is -2.16.